The van der Waals surface area contributed by atoms with Crippen molar-refractivity contribution >= 4 is 5.69 Å². The molecule has 14 heavy (non-hydrogen) atoms. The molecule has 2 rings (SSSR count). The van der Waals surface area contributed by atoms with Gasteiger partial charge in [0.1, 0.15) is 0 Å². The van der Waals surface area contributed by atoms with Gasteiger partial charge in [-0.2, -0.15) is 5.10 Å². The van der Waals surface area contributed by atoms with E-state index >= 15 is 0 Å². The maximum absolute atomic E-state index is 5.97. The van der Waals surface area contributed by atoms with E-state index in [0.29, 0.717) is 5.92 Å². The zero-order chi connectivity index (χ0) is 10.1. The van der Waals surface area contributed by atoms with Crippen LogP contribution < -0.4 is 5.73 Å². The molecule has 0 aromatic carbocycles. The summed E-state index contributed by atoms with van der Waals surface area (Å²) in [5, 5.41) is 7.25. The van der Waals surface area contributed by atoms with Crippen LogP contribution in [0, 0.1) is 6.92 Å². The molecule has 3 N–H and O–H groups in total. The van der Waals surface area contributed by atoms with Crippen LogP contribution in [-0.4, -0.2) is 35.2 Å². The van der Waals surface area contributed by atoms with Crippen molar-refractivity contribution in [2.45, 2.75) is 25.7 Å². The normalized spacial score (nSPS) is 24.0. The second-order valence-corrected chi connectivity index (χ2v) is 4.25. The summed E-state index contributed by atoms with van der Waals surface area (Å²) in [7, 11) is 2.15. The zero-order valence-electron chi connectivity index (χ0n) is 8.88. The molecule has 1 atom stereocenters. The first-order valence-electron chi connectivity index (χ1n) is 5.17. The van der Waals surface area contributed by atoms with Crippen molar-refractivity contribution in [3.05, 3.63) is 11.4 Å². The molecule has 0 amide bonds. The van der Waals surface area contributed by atoms with E-state index in [0.717, 1.165) is 23.6 Å². The van der Waals surface area contributed by atoms with Crippen molar-refractivity contribution < 1.29 is 0 Å². The van der Waals surface area contributed by atoms with Crippen LogP contribution in [0.25, 0.3) is 0 Å². The highest BCUT2D eigenvalue weighted by Crippen LogP contribution is 2.29. The zero-order valence-corrected chi connectivity index (χ0v) is 8.88. The lowest BCUT2D eigenvalue weighted by Crippen LogP contribution is -2.31. The number of hydrogen-bond acceptors (Lipinski definition) is 3. The minimum atomic E-state index is 0.513. The molecule has 0 spiro atoms. The Balaban J connectivity index is 2.18. The third-order valence-electron chi connectivity index (χ3n) is 3.04. The molecule has 1 aliphatic rings. The SMILES string of the molecule is Cc1[nH]nc(C2CCCN(C)C2)c1N. The van der Waals surface area contributed by atoms with E-state index < -0.39 is 0 Å². The van der Waals surface area contributed by atoms with Crippen LogP contribution in [0.15, 0.2) is 0 Å². The van der Waals surface area contributed by atoms with Crippen molar-refractivity contribution in [1.82, 2.24) is 15.1 Å². The first-order valence-corrected chi connectivity index (χ1v) is 5.17. The summed E-state index contributed by atoms with van der Waals surface area (Å²) >= 11 is 0. The summed E-state index contributed by atoms with van der Waals surface area (Å²) in [5.41, 5.74) is 8.88. The maximum Gasteiger partial charge on any atom is 0.0897 e. The van der Waals surface area contributed by atoms with Crippen molar-refractivity contribution in [3.8, 4) is 0 Å². The smallest absolute Gasteiger partial charge is 0.0897 e. The predicted molar refractivity (Wildman–Crippen MR) is 57.2 cm³/mol. The number of nitrogen functional groups attached to an aromatic ring is 1. The van der Waals surface area contributed by atoms with Crippen LogP contribution in [0.5, 0.6) is 0 Å². The second-order valence-electron chi connectivity index (χ2n) is 4.25. The third-order valence-corrected chi connectivity index (χ3v) is 3.04. The summed E-state index contributed by atoms with van der Waals surface area (Å²) in [6, 6.07) is 0. The van der Waals surface area contributed by atoms with E-state index in [4.69, 9.17) is 5.73 Å². The summed E-state index contributed by atoms with van der Waals surface area (Å²) < 4.78 is 0. The van der Waals surface area contributed by atoms with Crippen LogP contribution in [0.4, 0.5) is 5.69 Å². The molecule has 4 heteroatoms. The summed E-state index contributed by atoms with van der Waals surface area (Å²) in [6.07, 6.45) is 2.45. The number of nitrogens with one attached hydrogen (secondary N) is 1. The fourth-order valence-corrected chi connectivity index (χ4v) is 2.16. The van der Waals surface area contributed by atoms with Gasteiger partial charge in [-0.15, -0.1) is 0 Å². The van der Waals surface area contributed by atoms with Gasteiger partial charge in [-0.1, -0.05) is 0 Å². The number of rotatable bonds is 1. The number of H-pyrrole nitrogens is 1. The number of aryl methyl sites for hydroxylation is 1. The maximum atomic E-state index is 5.97. The average Bonchev–Trinajstić information content (AvgIpc) is 2.48. The molecule has 1 aromatic heterocycles. The second kappa shape index (κ2) is 3.61. The summed E-state index contributed by atoms with van der Waals surface area (Å²) in [5.74, 6) is 0.513. The number of nitrogens with zero attached hydrogens (tertiary/aromatic N) is 2. The molecular formula is C10H18N4. The monoisotopic (exact) mass is 194 g/mol. The van der Waals surface area contributed by atoms with Crippen LogP contribution >= 0.6 is 0 Å². The number of hydrogen-bond donors (Lipinski definition) is 2. The third kappa shape index (κ3) is 1.62. The molecule has 1 unspecified atom stereocenters. The van der Waals surface area contributed by atoms with Crippen molar-refractivity contribution in [3.63, 3.8) is 0 Å². The Kier molecular flexibility index (Phi) is 2.46. The average molecular weight is 194 g/mol. The van der Waals surface area contributed by atoms with Gasteiger partial charge in [-0.05, 0) is 33.4 Å². The van der Waals surface area contributed by atoms with E-state index in [2.05, 4.69) is 22.1 Å². The van der Waals surface area contributed by atoms with Crippen molar-refractivity contribution in [1.29, 1.82) is 0 Å². The first kappa shape index (κ1) is 9.52. The van der Waals surface area contributed by atoms with Crippen LogP contribution in [0.3, 0.4) is 0 Å². The summed E-state index contributed by atoms with van der Waals surface area (Å²) in [6.45, 7) is 4.24. The minimum absolute atomic E-state index is 0.513. The molecule has 1 fully saturated rings. The van der Waals surface area contributed by atoms with E-state index in [-0.39, 0.29) is 0 Å². The highest BCUT2D eigenvalue weighted by molar-refractivity contribution is 5.48. The lowest BCUT2D eigenvalue weighted by atomic mass is 9.94. The van der Waals surface area contributed by atoms with Crippen LogP contribution in [0.2, 0.25) is 0 Å². The predicted octanol–water partition coefficient (Wildman–Crippen LogP) is 1.11. The number of aromatic amines is 1. The number of likely N-dealkylation sites (tertiary alicyclic amines) is 1. The Bertz CT molecular complexity index is 318. The van der Waals surface area contributed by atoms with Crippen LogP contribution in [-0.2, 0) is 0 Å². The molecule has 0 saturated carbocycles. The summed E-state index contributed by atoms with van der Waals surface area (Å²) in [4.78, 5) is 2.34. The van der Waals surface area contributed by atoms with Gasteiger partial charge in [-0.3, -0.25) is 5.10 Å². The Morgan fingerprint density at radius 1 is 1.57 bits per heavy atom. The highest BCUT2D eigenvalue weighted by atomic mass is 15.2. The van der Waals surface area contributed by atoms with Crippen LogP contribution in [0.1, 0.15) is 30.1 Å². The number of piperidine rings is 1. The molecule has 2 heterocycles. The fraction of sp³-hybridized carbons (Fsp3) is 0.700. The van der Waals surface area contributed by atoms with Gasteiger partial charge in [0.25, 0.3) is 0 Å². The molecule has 78 valence electrons. The van der Waals surface area contributed by atoms with Gasteiger partial charge >= 0.3 is 0 Å². The quantitative estimate of drug-likeness (QED) is 0.704. The van der Waals surface area contributed by atoms with Gasteiger partial charge in [0.05, 0.1) is 17.1 Å². The molecule has 1 aliphatic heterocycles. The largest absolute Gasteiger partial charge is 0.396 e. The number of nitrogens with two attached hydrogens (primary N) is 1. The molecule has 0 radical (unpaired) electrons. The molecule has 1 aromatic rings. The Morgan fingerprint density at radius 3 is 2.93 bits per heavy atom. The van der Waals surface area contributed by atoms with Crippen molar-refractivity contribution in [2.24, 2.45) is 0 Å². The Morgan fingerprint density at radius 2 is 2.36 bits per heavy atom. The lowest BCUT2D eigenvalue weighted by molar-refractivity contribution is 0.249. The Hall–Kier alpha value is -1.03. The lowest BCUT2D eigenvalue weighted by Gasteiger charge is -2.28. The van der Waals surface area contributed by atoms with E-state index in [1.54, 1.807) is 0 Å². The fourth-order valence-electron chi connectivity index (χ4n) is 2.16. The van der Waals surface area contributed by atoms with Gasteiger partial charge < -0.3 is 10.6 Å². The van der Waals surface area contributed by atoms with E-state index in [1.165, 1.54) is 19.4 Å². The number of likely N-dealkylation sites (N-methyl/N-ethyl adjacent to an activating group) is 1. The first-order chi connectivity index (χ1) is 6.68. The number of aromatic nitrogens is 2. The molecular weight excluding hydrogens is 176 g/mol. The van der Waals surface area contributed by atoms with Crippen molar-refractivity contribution in [2.75, 3.05) is 25.9 Å². The van der Waals surface area contributed by atoms with E-state index in [9.17, 15) is 0 Å². The minimum Gasteiger partial charge on any atom is -0.396 e. The molecule has 0 bridgehead atoms. The molecule has 4 nitrogen and oxygen atoms in total. The Labute approximate surface area is 84.5 Å². The van der Waals surface area contributed by atoms with Gasteiger partial charge in [-0.25, -0.2) is 0 Å². The topological polar surface area (TPSA) is 57.9 Å². The number of anilines is 1. The standard InChI is InChI=1S/C10H18N4/c1-7-9(11)10(13-12-7)8-4-3-5-14(2)6-8/h8H,3-6,11H2,1-2H3,(H,12,13). The van der Waals surface area contributed by atoms with E-state index in [1.807, 2.05) is 6.92 Å². The molecule has 0 aliphatic carbocycles. The highest BCUT2D eigenvalue weighted by Gasteiger charge is 2.23. The molecule has 1 saturated heterocycles. The van der Waals surface area contributed by atoms with Gasteiger partial charge in [0.2, 0.25) is 0 Å². The van der Waals surface area contributed by atoms with Gasteiger partial charge in [0.15, 0.2) is 0 Å². The van der Waals surface area contributed by atoms with Gasteiger partial charge in [0, 0.05) is 12.5 Å².